The van der Waals surface area contributed by atoms with Crippen LogP contribution in [-0.4, -0.2) is 11.6 Å². The van der Waals surface area contributed by atoms with Crippen LogP contribution in [-0.2, 0) is 0 Å². The lowest BCUT2D eigenvalue weighted by atomic mass is 10.3. The molecule has 0 aliphatic heterocycles. The molecule has 0 heterocycles. The number of nitrogens with one attached hydrogen (secondary N) is 1. The number of anilines is 1. The molecule has 14 heavy (non-hydrogen) atoms. The third-order valence-electron chi connectivity index (χ3n) is 1.31. The van der Waals surface area contributed by atoms with Crippen molar-refractivity contribution < 1.29 is 18.6 Å². The standard InChI is InChI=1S/C7H6F2N2O3/c8-7(9)14-6-4-2-1-3-5(6)10-11(12)13/h1-4,7,10H. The second kappa shape index (κ2) is 4.35. The molecule has 0 unspecified atom stereocenters. The molecule has 7 heteroatoms. The van der Waals surface area contributed by atoms with Gasteiger partial charge in [0, 0.05) is 0 Å². The zero-order valence-corrected chi connectivity index (χ0v) is 6.81. The maximum atomic E-state index is 11.8. The Labute approximate surface area is 77.4 Å². The van der Waals surface area contributed by atoms with Crippen LogP contribution in [0.2, 0.25) is 0 Å². The molecule has 1 aromatic rings. The van der Waals surface area contributed by atoms with Crippen LogP contribution in [0.5, 0.6) is 5.75 Å². The first-order chi connectivity index (χ1) is 6.59. The van der Waals surface area contributed by atoms with E-state index in [4.69, 9.17) is 0 Å². The fraction of sp³-hybridized carbons (Fsp3) is 0.143. The Morgan fingerprint density at radius 3 is 2.64 bits per heavy atom. The van der Waals surface area contributed by atoms with E-state index in [2.05, 4.69) is 4.74 Å². The van der Waals surface area contributed by atoms with E-state index in [0.717, 1.165) is 0 Å². The smallest absolute Gasteiger partial charge is 0.387 e. The zero-order chi connectivity index (χ0) is 10.6. The Balaban J connectivity index is 2.85. The molecular weight excluding hydrogens is 198 g/mol. The van der Waals surface area contributed by atoms with Crippen LogP contribution < -0.4 is 10.2 Å². The largest absolute Gasteiger partial charge is 0.432 e. The quantitative estimate of drug-likeness (QED) is 0.600. The SMILES string of the molecule is O=[N+]([O-])Nc1ccccc1OC(F)F. The zero-order valence-electron chi connectivity index (χ0n) is 6.81. The van der Waals surface area contributed by atoms with Crippen molar-refractivity contribution in [1.29, 1.82) is 0 Å². The highest BCUT2D eigenvalue weighted by Crippen LogP contribution is 2.24. The number of benzene rings is 1. The summed E-state index contributed by atoms with van der Waals surface area (Å²) in [7, 11) is 0. The summed E-state index contributed by atoms with van der Waals surface area (Å²) >= 11 is 0. The molecule has 0 bridgehead atoms. The number of halogens is 2. The fourth-order valence-electron chi connectivity index (χ4n) is 0.856. The number of hydrogen-bond donors (Lipinski definition) is 1. The van der Waals surface area contributed by atoms with Gasteiger partial charge >= 0.3 is 6.61 Å². The minimum Gasteiger partial charge on any atom is -0.432 e. The molecule has 0 spiro atoms. The average molecular weight is 204 g/mol. The Morgan fingerprint density at radius 2 is 2.07 bits per heavy atom. The van der Waals surface area contributed by atoms with E-state index in [0.29, 0.717) is 0 Å². The number of rotatable bonds is 4. The van der Waals surface area contributed by atoms with Gasteiger partial charge in [0.25, 0.3) is 0 Å². The second-order valence-electron chi connectivity index (χ2n) is 2.24. The van der Waals surface area contributed by atoms with Gasteiger partial charge < -0.3 is 4.74 Å². The molecule has 0 atom stereocenters. The summed E-state index contributed by atoms with van der Waals surface area (Å²) < 4.78 is 27.7. The van der Waals surface area contributed by atoms with Crippen molar-refractivity contribution in [2.45, 2.75) is 6.61 Å². The van der Waals surface area contributed by atoms with Gasteiger partial charge in [-0.2, -0.15) is 8.78 Å². The van der Waals surface area contributed by atoms with Crippen LogP contribution in [0.1, 0.15) is 0 Å². The van der Waals surface area contributed by atoms with Crippen LogP contribution in [0.3, 0.4) is 0 Å². The third-order valence-corrected chi connectivity index (χ3v) is 1.31. The first-order valence-electron chi connectivity index (χ1n) is 3.54. The normalized spacial score (nSPS) is 9.93. The molecule has 1 rings (SSSR count). The van der Waals surface area contributed by atoms with Crippen LogP contribution >= 0.6 is 0 Å². The van der Waals surface area contributed by atoms with Crippen molar-refractivity contribution in [3.05, 3.63) is 34.4 Å². The van der Waals surface area contributed by atoms with Crippen molar-refractivity contribution in [3.8, 4) is 5.75 Å². The number of para-hydroxylation sites is 2. The van der Waals surface area contributed by atoms with Gasteiger partial charge in [-0.25, -0.2) is 10.1 Å². The van der Waals surface area contributed by atoms with Crippen molar-refractivity contribution in [1.82, 2.24) is 0 Å². The van der Waals surface area contributed by atoms with Crippen LogP contribution in [0.4, 0.5) is 14.5 Å². The lowest BCUT2D eigenvalue weighted by Crippen LogP contribution is -2.11. The number of hydrogen-bond acceptors (Lipinski definition) is 3. The predicted molar refractivity (Wildman–Crippen MR) is 43.7 cm³/mol. The average Bonchev–Trinajstić information content (AvgIpc) is 2.06. The van der Waals surface area contributed by atoms with Crippen molar-refractivity contribution in [2.24, 2.45) is 0 Å². The summed E-state index contributed by atoms with van der Waals surface area (Å²) in [5.41, 5.74) is 1.63. The van der Waals surface area contributed by atoms with E-state index in [1.165, 1.54) is 24.3 Å². The Morgan fingerprint density at radius 1 is 1.43 bits per heavy atom. The first-order valence-corrected chi connectivity index (χ1v) is 3.54. The van der Waals surface area contributed by atoms with Gasteiger partial charge in [0.2, 0.25) is 0 Å². The van der Waals surface area contributed by atoms with Gasteiger partial charge in [-0.05, 0) is 12.1 Å². The molecule has 76 valence electrons. The van der Waals surface area contributed by atoms with Gasteiger partial charge in [-0.3, -0.25) is 0 Å². The lowest BCUT2D eigenvalue weighted by molar-refractivity contribution is -0.445. The van der Waals surface area contributed by atoms with Gasteiger partial charge in [0.15, 0.2) is 10.8 Å². The van der Waals surface area contributed by atoms with Gasteiger partial charge in [-0.1, -0.05) is 12.1 Å². The van der Waals surface area contributed by atoms with Gasteiger partial charge in [0.05, 0.1) is 0 Å². The van der Waals surface area contributed by atoms with Crippen molar-refractivity contribution in [2.75, 3.05) is 5.43 Å². The van der Waals surface area contributed by atoms with E-state index < -0.39 is 11.6 Å². The highest BCUT2D eigenvalue weighted by Gasteiger charge is 2.11. The van der Waals surface area contributed by atoms with Crippen LogP contribution in [0.25, 0.3) is 0 Å². The van der Waals surface area contributed by atoms with E-state index in [9.17, 15) is 18.9 Å². The van der Waals surface area contributed by atoms with E-state index >= 15 is 0 Å². The minimum absolute atomic E-state index is 0.113. The number of hydrazine groups is 1. The van der Waals surface area contributed by atoms with E-state index in [1.807, 2.05) is 0 Å². The fourth-order valence-corrected chi connectivity index (χ4v) is 0.856. The maximum absolute atomic E-state index is 11.8. The summed E-state index contributed by atoms with van der Waals surface area (Å²) in [6, 6.07) is 5.37. The number of nitrogens with zero attached hydrogens (tertiary/aromatic N) is 1. The molecule has 0 saturated carbocycles. The minimum atomic E-state index is -3.01. The summed E-state index contributed by atoms with van der Waals surface area (Å²) in [6.45, 7) is -3.01. The lowest BCUT2D eigenvalue weighted by Gasteiger charge is -2.07. The highest BCUT2D eigenvalue weighted by atomic mass is 19.3. The number of alkyl halides is 2. The molecule has 5 nitrogen and oxygen atoms in total. The summed E-state index contributed by atoms with van der Waals surface area (Å²) in [6.07, 6.45) is 0. The first kappa shape index (κ1) is 10.2. The molecule has 0 aliphatic carbocycles. The van der Waals surface area contributed by atoms with Crippen LogP contribution in [0.15, 0.2) is 24.3 Å². The second-order valence-corrected chi connectivity index (χ2v) is 2.24. The van der Waals surface area contributed by atoms with Gasteiger partial charge in [0.1, 0.15) is 5.69 Å². The summed E-state index contributed by atoms with van der Waals surface area (Å²) in [5, 5.41) is 9.20. The Hall–Kier alpha value is -1.92. The number of ether oxygens (including phenoxy) is 1. The summed E-state index contributed by atoms with van der Waals surface area (Å²) in [4.78, 5) is 10.1. The molecule has 0 aromatic heterocycles. The van der Waals surface area contributed by atoms with Gasteiger partial charge in [-0.15, -0.1) is 5.43 Å². The molecule has 1 N–H and O–H groups in total. The van der Waals surface area contributed by atoms with Crippen molar-refractivity contribution >= 4 is 5.69 Å². The van der Waals surface area contributed by atoms with E-state index in [1.54, 1.807) is 5.43 Å². The van der Waals surface area contributed by atoms with Crippen LogP contribution in [0, 0.1) is 10.1 Å². The van der Waals surface area contributed by atoms with Crippen molar-refractivity contribution in [3.63, 3.8) is 0 Å². The molecular formula is C7H6F2N2O3. The maximum Gasteiger partial charge on any atom is 0.387 e. The molecule has 1 aromatic carbocycles. The highest BCUT2D eigenvalue weighted by molar-refractivity contribution is 5.54. The predicted octanol–water partition coefficient (Wildman–Crippen LogP) is 1.89. The molecule has 0 radical (unpaired) electrons. The topological polar surface area (TPSA) is 64.4 Å². The number of nitro groups is 1. The monoisotopic (exact) mass is 204 g/mol. The Bertz CT molecular complexity index is 332. The summed E-state index contributed by atoms with van der Waals surface area (Å²) in [5.74, 6) is -0.265. The molecule has 0 saturated heterocycles. The molecule has 0 fully saturated rings. The third kappa shape index (κ3) is 2.85. The molecule has 0 amide bonds. The van der Waals surface area contributed by atoms with E-state index in [-0.39, 0.29) is 11.4 Å². The Kier molecular flexibility index (Phi) is 3.16. The molecule has 0 aliphatic rings.